The monoisotopic (exact) mass is 263 g/mol. The Morgan fingerprint density at radius 1 is 1.11 bits per heavy atom. The van der Waals surface area contributed by atoms with E-state index < -0.39 is 12.0 Å². The molecule has 0 aliphatic rings. The van der Waals surface area contributed by atoms with Gasteiger partial charge in [-0.05, 0) is 35.9 Å². The van der Waals surface area contributed by atoms with Gasteiger partial charge in [-0.3, -0.25) is 4.79 Å². The summed E-state index contributed by atoms with van der Waals surface area (Å²) in [7, 11) is 0. The van der Waals surface area contributed by atoms with E-state index >= 15 is 0 Å². The van der Waals surface area contributed by atoms with Crippen LogP contribution in [0, 0.1) is 5.92 Å². The molecule has 2 N–H and O–H groups in total. The first-order valence-electron chi connectivity index (χ1n) is 6.98. The van der Waals surface area contributed by atoms with E-state index in [0.717, 1.165) is 18.5 Å². The van der Waals surface area contributed by atoms with E-state index in [4.69, 9.17) is 0 Å². The van der Waals surface area contributed by atoms with Crippen LogP contribution in [0.4, 0.5) is 0 Å². The van der Waals surface area contributed by atoms with Gasteiger partial charge < -0.3 is 10.4 Å². The highest BCUT2D eigenvalue weighted by molar-refractivity contribution is 5.75. The molecule has 0 aliphatic carbocycles. The van der Waals surface area contributed by atoms with E-state index in [1.165, 1.54) is 5.56 Å². The summed E-state index contributed by atoms with van der Waals surface area (Å²) in [5.41, 5.74) is 2.05. The highest BCUT2D eigenvalue weighted by Crippen LogP contribution is 2.19. The van der Waals surface area contributed by atoms with Crippen LogP contribution in [0.2, 0.25) is 0 Å². The van der Waals surface area contributed by atoms with Gasteiger partial charge >= 0.3 is 5.97 Å². The quantitative estimate of drug-likeness (QED) is 0.790. The summed E-state index contributed by atoms with van der Waals surface area (Å²) in [4.78, 5) is 11.3. The fourth-order valence-electron chi connectivity index (χ4n) is 1.94. The number of rotatable bonds is 7. The average Bonchev–Trinajstić information content (AvgIpc) is 2.34. The van der Waals surface area contributed by atoms with Gasteiger partial charge in [0.05, 0.1) is 0 Å². The van der Waals surface area contributed by atoms with Gasteiger partial charge in [-0.25, -0.2) is 0 Å². The van der Waals surface area contributed by atoms with Gasteiger partial charge in [-0.1, -0.05) is 52.0 Å². The molecule has 1 rings (SSSR count). The van der Waals surface area contributed by atoms with Crippen LogP contribution < -0.4 is 5.32 Å². The second kappa shape index (κ2) is 7.29. The molecule has 0 heterocycles. The molecule has 0 bridgehead atoms. The predicted molar refractivity (Wildman–Crippen MR) is 78.4 cm³/mol. The lowest BCUT2D eigenvalue weighted by Gasteiger charge is -2.16. The molecule has 19 heavy (non-hydrogen) atoms. The van der Waals surface area contributed by atoms with E-state index in [9.17, 15) is 9.90 Å². The van der Waals surface area contributed by atoms with Gasteiger partial charge in [0.25, 0.3) is 0 Å². The number of aliphatic carboxylic acids is 1. The van der Waals surface area contributed by atoms with Crippen molar-refractivity contribution >= 4 is 5.97 Å². The number of hydrogen-bond acceptors (Lipinski definition) is 2. The SMILES string of the molecule is CC(C)CCNC(C(=O)O)c1ccc(C(C)C)cc1. The van der Waals surface area contributed by atoms with Gasteiger partial charge in [-0.15, -0.1) is 0 Å². The molecule has 106 valence electrons. The van der Waals surface area contributed by atoms with Crippen LogP contribution >= 0.6 is 0 Å². The number of hydrogen-bond donors (Lipinski definition) is 2. The molecule has 1 unspecified atom stereocenters. The molecule has 1 aromatic rings. The lowest BCUT2D eigenvalue weighted by molar-refractivity contribution is -0.139. The van der Waals surface area contributed by atoms with Crippen molar-refractivity contribution in [2.75, 3.05) is 6.54 Å². The number of carboxylic acids is 1. The van der Waals surface area contributed by atoms with Crippen molar-refractivity contribution in [1.29, 1.82) is 0 Å². The minimum atomic E-state index is -0.818. The smallest absolute Gasteiger partial charge is 0.325 e. The molecule has 0 spiro atoms. The van der Waals surface area contributed by atoms with Gasteiger partial charge in [0.15, 0.2) is 0 Å². The maximum Gasteiger partial charge on any atom is 0.325 e. The Bertz CT molecular complexity index is 396. The van der Waals surface area contributed by atoms with Crippen molar-refractivity contribution in [3.8, 4) is 0 Å². The zero-order chi connectivity index (χ0) is 14.4. The maximum atomic E-state index is 11.3. The highest BCUT2D eigenvalue weighted by Gasteiger charge is 2.18. The summed E-state index contributed by atoms with van der Waals surface area (Å²) >= 11 is 0. The predicted octanol–water partition coefficient (Wildman–Crippen LogP) is 3.57. The first-order valence-corrected chi connectivity index (χ1v) is 6.98. The maximum absolute atomic E-state index is 11.3. The summed E-state index contributed by atoms with van der Waals surface area (Å²) in [6.07, 6.45) is 0.980. The molecule has 0 fully saturated rings. The summed E-state index contributed by atoms with van der Waals surface area (Å²) in [5, 5.41) is 12.4. The van der Waals surface area contributed by atoms with Crippen molar-refractivity contribution in [2.45, 2.75) is 46.1 Å². The number of carbonyl (C=O) groups is 1. The minimum Gasteiger partial charge on any atom is -0.480 e. The van der Waals surface area contributed by atoms with Crippen LogP contribution in [0.15, 0.2) is 24.3 Å². The van der Waals surface area contributed by atoms with Crippen LogP contribution in [-0.4, -0.2) is 17.6 Å². The lowest BCUT2D eigenvalue weighted by atomic mass is 9.99. The van der Waals surface area contributed by atoms with Gasteiger partial charge in [0.2, 0.25) is 0 Å². The van der Waals surface area contributed by atoms with Crippen LogP contribution in [0.25, 0.3) is 0 Å². The molecule has 0 aromatic heterocycles. The second-order valence-corrected chi connectivity index (χ2v) is 5.73. The standard InChI is InChI=1S/C16H25NO2/c1-11(2)9-10-17-15(16(18)19)14-7-5-13(6-8-14)12(3)4/h5-8,11-12,15,17H,9-10H2,1-4H3,(H,18,19). The number of carboxylic acid groups (broad SMARTS) is 1. The largest absolute Gasteiger partial charge is 0.480 e. The second-order valence-electron chi connectivity index (χ2n) is 5.73. The molecule has 0 saturated carbocycles. The molecule has 0 radical (unpaired) electrons. The van der Waals surface area contributed by atoms with E-state index in [-0.39, 0.29) is 0 Å². The van der Waals surface area contributed by atoms with Crippen molar-refractivity contribution < 1.29 is 9.90 Å². The van der Waals surface area contributed by atoms with Crippen LogP contribution in [0.1, 0.15) is 57.2 Å². The van der Waals surface area contributed by atoms with E-state index in [0.29, 0.717) is 11.8 Å². The lowest BCUT2D eigenvalue weighted by Crippen LogP contribution is -2.29. The van der Waals surface area contributed by atoms with E-state index in [1.807, 2.05) is 24.3 Å². The highest BCUT2D eigenvalue weighted by atomic mass is 16.4. The molecule has 3 heteroatoms. The fourth-order valence-corrected chi connectivity index (χ4v) is 1.94. The van der Waals surface area contributed by atoms with E-state index in [2.05, 4.69) is 33.0 Å². The third-order valence-electron chi connectivity index (χ3n) is 3.25. The van der Waals surface area contributed by atoms with Crippen molar-refractivity contribution in [2.24, 2.45) is 5.92 Å². The molecular weight excluding hydrogens is 238 g/mol. The molecule has 1 atom stereocenters. The summed E-state index contributed by atoms with van der Waals surface area (Å²) in [6.45, 7) is 9.25. The third-order valence-corrected chi connectivity index (χ3v) is 3.25. The third kappa shape index (κ3) is 5.03. The molecule has 3 nitrogen and oxygen atoms in total. The Morgan fingerprint density at radius 2 is 1.63 bits per heavy atom. The van der Waals surface area contributed by atoms with Crippen molar-refractivity contribution in [3.05, 3.63) is 35.4 Å². The van der Waals surface area contributed by atoms with Gasteiger partial charge in [-0.2, -0.15) is 0 Å². The molecule has 0 amide bonds. The Balaban J connectivity index is 2.73. The van der Waals surface area contributed by atoms with Crippen LogP contribution in [0.3, 0.4) is 0 Å². The van der Waals surface area contributed by atoms with Crippen LogP contribution in [0.5, 0.6) is 0 Å². The Kier molecular flexibility index (Phi) is 6.03. The molecule has 0 saturated heterocycles. The first kappa shape index (κ1) is 15.7. The summed E-state index contributed by atoms with van der Waals surface area (Å²) in [5.74, 6) is 0.220. The van der Waals surface area contributed by atoms with Gasteiger partial charge in [0.1, 0.15) is 6.04 Å². The zero-order valence-electron chi connectivity index (χ0n) is 12.3. The Labute approximate surface area is 116 Å². The molecular formula is C16H25NO2. The number of benzene rings is 1. The van der Waals surface area contributed by atoms with Crippen LogP contribution in [-0.2, 0) is 4.79 Å². The van der Waals surface area contributed by atoms with Gasteiger partial charge in [0, 0.05) is 0 Å². The average molecular weight is 263 g/mol. The molecule has 0 aliphatic heterocycles. The van der Waals surface area contributed by atoms with E-state index in [1.54, 1.807) is 0 Å². The van der Waals surface area contributed by atoms with Crippen molar-refractivity contribution in [1.82, 2.24) is 5.32 Å². The summed E-state index contributed by atoms with van der Waals surface area (Å²) in [6, 6.07) is 7.24. The normalized spacial score (nSPS) is 12.9. The number of nitrogens with one attached hydrogen (secondary N) is 1. The first-order chi connectivity index (χ1) is 8.91. The zero-order valence-corrected chi connectivity index (χ0v) is 12.3. The van der Waals surface area contributed by atoms with Crippen molar-refractivity contribution in [3.63, 3.8) is 0 Å². The summed E-state index contributed by atoms with van der Waals surface area (Å²) < 4.78 is 0. The Hall–Kier alpha value is -1.35. The Morgan fingerprint density at radius 3 is 2.05 bits per heavy atom. The molecule has 1 aromatic carbocycles. The minimum absolute atomic E-state index is 0.464. The topological polar surface area (TPSA) is 49.3 Å². The fraction of sp³-hybridized carbons (Fsp3) is 0.562.